The molecule has 21 heavy (non-hydrogen) atoms. The second-order valence-electron chi connectivity index (χ2n) is 4.67. The van der Waals surface area contributed by atoms with E-state index in [1.54, 1.807) is 0 Å². The summed E-state index contributed by atoms with van der Waals surface area (Å²) in [5.74, 6) is 0.434. The minimum absolute atomic E-state index is 0. The summed E-state index contributed by atoms with van der Waals surface area (Å²) in [6, 6.07) is 15.1. The van der Waals surface area contributed by atoms with Crippen LogP contribution in [0.2, 0.25) is 0 Å². The average molecular weight is 417 g/mol. The van der Waals surface area contributed by atoms with Crippen molar-refractivity contribution in [3.63, 3.8) is 0 Å². The largest absolute Gasteiger partial charge is 4.00 e. The van der Waals surface area contributed by atoms with Crippen LogP contribution in [0.25, 0.3) is 16.3 Å². The maximum absolute atomic E-state index is 3.45. The molecular formula is C17H15Cl3Zr. The Morgan fingerprint density at radius 1 is 0.905 bits per heavy atom. The van der Waals surface area contributed by atoms with Crippen LogP contribution in [-0.2, 0) is 26.2 Å². The number of hydrogen-bond donors (Lipinski definition) is 0. The molecule has 0 aliphatic heterocycles. The van der Waals surface area contributed by atoms with E-state index in [4.69, 9.17) is 0 Å². The molecule has 1 unspecified atom stereocenters. The zero-order valence-corrected chi connectivity index (χ0v) is 16.6. The van der Waals surface area contributed by atoms with Crippen molar-refractivity contribution in [2.24, 2.45) is 5.92 Å². The van der Waals surface area contributed by atoms with E-state index in [-0.39, 0.29) is 63.4 Å². The molecule has 0 nitrogen and oxygen atoms in total. The second kappa shape index (κ2) is 9.85. The fourth-order valence-electron chi connectivity index (χ4n) is 2.59. The van der Waals surface area contributed by atoms with Crippen molar-refractivity contribution in [3.8, 4) is 0 Å². The summed E-state index contributed by atoms with van der Waals surface area (Å²) < 4.78 is 0. The van der Waals surface area contributed by atoms with Crippen LogP contribution < -0.4 is 37.2 Å². The summed E-state index contributed by atoms with van der Waals surface area (Å²) in [4.78, 5) is 0. The van der Waals surface area contributed by atoms with Gasteiger partial charge in [0.2, 0.25) is 0 Å². The molecule has 0 saturated heterocycles. The van der Waals surface area contributed by atoms with Gasteiger partial charge in [-0.2, -0.15) is 11.6 Å². The first kappa shape index (κ1) is 23.2. The van der Waals surface area contributed by atoms with Crippen LogP contribution in [0.5, 0.6) is 0 Å². The Balaban J connectivity index is 0. The van der Waals surface area contributed by atoms with Gasteiger partial charge in [-0.05, 0) is 10.8 Å². The quantitative estimate of drug-likeness (QED) is 0.412. The Morgan fingerprint density at radius 2 is 1.52 bits per heavy atom. The van der Waals surface area contributed by atoms with Crippen LogP contribution in [0.1, 0.15) is 19.4 Å². The Kier molecular flexibility index (Phi) is 10.9. The zero-order valence-electron chi connectivity index (χ0n) is 11.8. The van der Waals surface area contributed by atoms with Crippen molar-refractivity contribution in [2.45, 2.75) is 13.8 Å². The van der Waals surface area contributed by atoms with Gasteiger partial charge in [-0.25, -0.2) is 5.57 Å². The first-order valence-electron chi connectivity index (χ1n) is 6.06. The summed E-state index contributed by atoms with van der Waals surface area (Å²) in [7, 11) is 0. The predicted molar refractivity (Wildman–Crippen MR) is 73.5 cm³/mol. The molecule has 1 aliphatic rings. The maximum Gasteiger partial charge on any atom is 4.00 e. The summed E-state index contributed by atoms with van der Waals surface area (Å²) in [5.41, 5.74) is 3.95. The van der Waals surface area contributed by atoms with E-state index in [0.717, 1.165) is 0 Å². The average Bonchev–Trinajstić information content (AvgIpc) is 2.68. The Labute approximate surface area is 164 Å². The summed E-state index contributed by atoms with van der Waals surface area (Å²) >= 11 is 0. The van der Waals surface area contributed by atoms with Crippen LogP contribution in [0, 0.1) is 12.0 Å². The molecule has 2 aromatic carbocycles. The first-order valence-corrected chi connectivity index (χ1v) is 6.06. The Morgan fingerprint density at radius 3 is 2.14 bits per heavy atom. The molecule has 0 bridgehead atoms. The van der Waals surface area contributed by atoms with Gasteiger partial charge in [-0.3, -0.25) is 6.08 Å². The van der Waals surface area contributed by atoms with E-state index in [1.807, 2.05) is 0 Å². The smallest absolute Gasteiger partial charge is 1.00 e. The number of rotatable bonds is 1. The van der Waals surface area contributed by atoms with Crippen LogP contribution in [0.4, 0.5) is 0 Å². The van der Waals surface area contributed by atoms with Gasteiger partial charge in [-0.1, -0.05) is 67.8 Å². The van der Waals surface area contributed by atoms with Gasteiger partial charge in [-0.15, -0.1) is 0 Å². The fourth-order valence-corrected chi connectivity index (χ4v) is 2.59. The molecule has 0 heterocycles. The van der Waals surface area contributed by atoms with Crippen molar-refractivity contribution >= 4 is 16.3 Å². The molecule has 0 N–H and O–H groups in total. The first-order chi connectivity index (χ1) is 8.25. The molecule has 2 aromatic rings. The standard InChI is InChI=1S/C17H15.3ClH.Zr/c1-12-10-13(2)17(11-12)16-9-5-7-14-6-3-4-8-15(14)16;;;;/h3-9,11-12H,1-2H3;3*1H;/q-1;;;;+4/p-3. The molecule has 1 atom stereocenters. The van der Waals surface area contributed by atoms with Gasteiger partial charge in [0.1, 0.15) is 0 Å². The number of benzene rings is 2. The van der Waals surface area contributed by atoms with Crippen LogP contribution in [0.3, 0.4) is 0 Å². The molecule has 0 fully saturated rings. The van der Waals surface area contributed by atoms with Crippen LogP contribution in [-0.4, -0.2) is 0 Å². The molecule has 4 heteroatoms. The molecule has 0 radical (unpaired) electrons. The minimum atomic E-state index is 0. The molecule has 0 aromatic heterocycles. The number of allylic oxidation sites excluding steroid dienone is 4. The summed E-state index contributed by atoms with van der Waals surface area (Å²) in [6.45, 7) is 4.33. The van der Waals surface area contributed by atoms with Crippen molar-refractivity contribution < 1.29 is 63.4 Å². The third-order valence-electron chi connectivity index (χ3n) is 3.34. The predicted octanol–water partition coefficient (Wildman–Crippen LogP) is -4.37. The number of hydrogen-bond acceptors (Lipinski definition) is 0. The van der Waals surface area contributed by atoms with Gasteiger partial charge in [0, 0.05) is 0 Å². The molecule has 0 amide bonds. The van der Waals surface area contributed by atoms with Crippen LogP contribution >= 0.6 is 0 Å². The third kappa shape index (κ3) is 4.70. The maximum atomic E-state index is 3.45. The van der Waals surface area contributed by atoms with E-state index >= 15 is 0 Å². The normalized spacial score (nSPS) is 15.6. The summed E-state index contributed by atoms with van der Waals surface area (Å²) in [5, 5.41) is 2.63. The number of halogens is 3. The third-order valence-corrected chi connectivity index (χ3v) is 3.34. The van der Waals surface area contributed by atoms with Gasteiger partial charge < -0.3 is 37.2 Å². The van der Waals surface area contributed by atoms with E-state index in [9.17, 15) is 0 Å². The Hall–Kier alpha value is -0.0669. The molecule has 108 valence electrons. The van der Waals surface area contributed by atoms with Crippen LogP contribution in [0.15, 0.2) is 54.1 Å². The SMILES string of the molecule is CC1=[C-]C(C)C=C1c1cccc2ccccc12.[Cl-].[Cl-].[Cl-].[Zr+4]. The van der Waals surface area contributed by atoms with Crippen molar-refractivity contribution in [1.29, 1.82) is 0 Å². The Bertz CT molecular complexity index is 642. The van der Waals surface area contributed by atoms with E-state index in [2.05, 4.69) is 68.5 Å². The minimum Gasteiger partial charge on any atom is -1.00 e. The summed E-state index contributed by atoms with van der Waals surface area (Å²) in [6.07, 6.45) is 5.76. The van der Waals surface area contributed by atoms with E-state index in [1.165, 1.54) is 27.5 Å². The molecule has 0 spiro atoms. The van der Waals surface area contributed by atoms with Gasteiger partial charge in [0.25, 0.3) is 0 Å². The molecule has 3 rings (SSSR count). The topological polar surface area (TPSA) is 0 Å². The second-order valence-corrected chi connectivity index (χ2v) is 4.67. The zero-order chi connectivity index (χ0) is 11.8. The molecule has 1 aliphatic carbocycles. The van der Waals surface area contributed by atoms with Gasteiger partial charge in [0.05, 0.1) is 0 Å². The van der Waals surface area contributed by atoms with E-state index < -0.39 is 0 Å². The molecular weight excluding hydrogens is 402 g/mol. The van der Waals surface area contributed by atoms with Gasteiger partial charge >= 0.3 is 26.2 Å². The number of fused-ring (bicyclic) bond motifs is 1. The monoisotopic (exact) mass is 414 g/mol. The van der Waals surface area contributed by atoms with Gasteiger partial charge in [0.15, 0.2) is 0 Å². The van der Waals surface area contributed by atoms with Crippen molar-refractivity contribution in [3.05, 3.63) is 65.8 Å². The van der Waals surface area contributed by atoms with Crippen molar-refractivity contribution in [1.82, 2.24) is 0 Å². The van der Waals surface area contributed by atoms with E-state index in [0.29, 0.717) is 5.92 Å². The molecule has 0 saturated carbocycles. The van der Waals surface area contributed by atoms with Crippen molar-refractivity contribution in [2.75, 3.05) is 0 Å². The fraction of sp³-hybridized carbons (Fsp3) is 0.176.